The van der Waals surface area contributed by atoms with Crippen molar-refractivity contribution < 1.29 is 63.8 Å². The number of halogens is 3. The fraction of sp³-hybridized carbons (Fsp3) is 0.217. The van der Waals surface area contributed by atoms with Crippen molar-refractivity contribution in [2.75, 3.05) is 39.6 Å². The summed E-state index contributed by atoms with van der Waals surface area (Å²) < 4.78 is 96.2. The van der Waals surface area contributed by atoms with Crippen LogP contribution in [0.25, 0.3) is 10.8 Å². The first-order valence-corrected chi connectivity index (χ1v) is 20.1. The Bertz CT molecular complexity index is 2220. The minimum atomic E-state index is -6.08. The number of carbonyl (C=O) groups is 2. The van der Waals surface area contributed by atoms with Crippen LogP contribution in [0.15, 0.2) is 148 Å². The molecule has 0 saturated carbocycles. The van der Waals surface area contributed by atoms with Gasteiger partial charge in [-0.15, -0.1) is 0 Å². The number of benzene rings is 5. The van der Waals surface area contributed by atoms with Gasteiger partial charge in [-0.2, -0.15) is 21.6 Å². The first-order valence-electron chi connectivity index (χ1n) is 18.7. The second-order valence-corrected chi connectivity index (χ2v) is 14.7. The van der Waals surface area contributed by atoms with E-state index < -0.39 is 38.7 Å². The van der Waals surface area contributed by atoms with Crippen molar-refractivity contribution in [3.05, 3.63) is 176 Å². The van der Waals surface area contributed by atoms with Gasteiger partial charge in [-0.05, 0) is 65.4 Å². The SMILES string of the molecule is C=COCCOc1ccc(C(C)(c2ccc(OCCOC=C)cc2)c2ccc(OCCOC=C)cc2)cc1.O=C1c2cccc3cccc(c23)C(=O)C1OS(=O)(=O)C(F)(F)F. The lowest BCUT2D eigenvalue weighted by Crippen LogP contribution is -2.41. The molecule has 0 unspecified atom stereocenters. The van der Waals surface area contributed by atoms with Crippen LogP contribution in [0, 0.1) is 0 Å². The van der Waals surface area contributed by atoms with Gasteiger partial charge in [0.05, 0.1) is 18.8 Å². The molecule has 1 aliphatic carbocycles. The average Bonchev–Trinajstić information content (AvgIpc) is 3.26. The van der Waals surface area contributed by atoms with E-state index in [1.165, 1.54) is 43.1 Å². The maximum absolute atomic E-state index is 12.4. The van der Waals surface area contributed by atoms with Crippen LogP contribution in [0.5, 0.6) is 17.2 Å². The van der Waals surface area contributed by atoms with Crippen molar-refractivity contribution in [1.29, 1.82) is 0 Å². The normalized spacial score (nSPS) is 12.7. The van der Waals surface area contributed by atoms with Gasteiger partial charge in [0.15, 0.2) is 0 Å². The predicted octanol–water partition coefficient (Wildman–Crippen LogP) is 9.11. The molecule has 0 heterocycles. The lowest BCUT2D eigenvalue weighted by Gasteiger charge is -2.32. The summed E-state index contributed by atoms with van der Waals surface area (Å²) in [5.41, 5.74) is -2.93. The van der Waals surface area contributed by atoms with Crippen LogP contribution in [-0.2, 0) is 33.9 Å². The standard InChI is InChI=1S/C32H36O6.C14H7F3O5S/c1-5-33-20-23-36-29-14-8-26(9-15-29)32(4,27-10-16-30(17-11-27)37-24-21-34-6-2)28-12-18-31(19-13-28)38-25-22-35-7-3;15-14(16,17)23(20,21)22-13-11(18)8-5-1-3-7-4-2-6-9(10(7)8)12(13)19/h5-19H,1-3,20-25H2,4H3;1-6,13H. The number of Topliss-reactive ketones (excluding diaryl/α,β-unsaturated/α-hetero) is 2. The number of alkyl halides is 3. The van der Waals surface area contributed by atoms with Crippen LogP contribution in [0.2, 0.25) is 0 Å². The molecular weight excluding hydrogens is 818 g/mol. The fourth-order valence-corrected chi connectivity index (χ4v) is 6.99. The smallest absolute Gasteiger partial charge is 0.498 e. The van der Waals surface area contributed by atoms with Gasteiger partial charge in [0.1, 0.15) is 56.9 Å². The molecular formula is C46H43F3O11S. The quantitative estimate of drug-likeness (QED) is 0.0185. The Hall–Kier alpha value is -6.58. The second-order valence-electron chi connectivity index (χ2n) is 13.2. The topological polar surface area (TPSA) is 133 Å². The van der Waals surface area contributed by atoms with Crippen LogP contribution in [0.4, 0.5) is 13.2 Å². The molecule has 15 heteroatoms. The highest BCUT2D eigenvalue weighted by Gasteiger charge is 2.52. The van der Waals surface area contributed by atoms with E-state index >= 15 is 0 Å². The minimum absolute atomic E-state index is 0.0555. The van der Waals surface area contributed by atoms with Crippen molar-refractivity contribution in [1.82, 2.24) is 0 Å². The highest BCUT2D eigenvalue weighted by molar-refractivity contribution is 7.87. The molecule has 0 spiro atoms. The van der Waals surface area contributed by atoms with Crippen molar-refractivity contribution in [3.8, 4) is 17.2 Å². The first kappa shape index (κ1) is 45.5. The second kappa shape index (κ2) is 20.6. The highest BCUT2D eigenvalue weighted by Crippen LogP contribution is 2.41. The van der Waals surface area contributed by atoms with E-state index in [0.717, 1.165) is 33.9 Å². The molecule has 0 N–H and O–H groups in total. The Morgan fingerprint density at radius 3 is 1.21 bits per heavy atom. The zero-order chi connectivity index (χ0) is 44.0. The molecule has 1 aliphatic rings. The van der Waals surface area contributed by atoms with Crippen molar-refractivity contribution >= 4 is 32.5 Å². The molecule has 11 nitrogen and oxygen atoms in total. The third-order valence-electron chi connectivity index (χ3n) is 9.48. The summed E-state index contributed by atoms with van der Waals surface area (Å²) in [5, 5.41) is 0.813. The van der Waals surface area contributed by atoms with Gasteiger partial charge < -0.3 is 28.4 Å². The zero-order valence-corrected chi connectivity index (χ0v) is 33.9. The van der Waals surface area contributed by atoms with E-state index in [0.29, 0.717) is 45.0 Å². The zero-order valence-electron chi connectivity index (χ0n) is 33.1. The number of carbonyl (C=O) groups excluding carboxylic acids is 2. The number of ether oxygens (including phenoxy) is 6. The van der Waals surface area contributed by atoms with E-state index in [1.54, 1.807) is 12.1 Å². The third kappa shape index (κ3) is 11.0. The molecule has 5 aromatic carbocycles. The Morgan fingerprint density at radius 2 is 0.902 bits per heavy atom. The maximum atomic E-state index is 12.4. The predicted molar refractivity (Wildman–Crippen MR) is 222 cm³/mol. The largest absolute Gasteiger partial charge is 0.523 e. The molecule has 5 aromatic rings. The summed E-state index contributed by atoms with van der Waals surface area (Å²) in [7, 11) is -6.08. The van der Waals surface area contributed by atoms with E-state index in [1.807, 2.05) is 36.4 Å². The van der Waals surface area contributed by atoms with Crippen LogP contribution in [0.1, 0.15) is 44.3 Å². The van der Waals surface area contributed by atoms with Gasteiger partial charge in [-0.3, -0.25) is 9.59 Å². The lowest BCUT2D eigenvalue weighted by molar-refractivity contribution is -0.0553. The third-order valence-corrected chi connectivity index (χ3v) is 10.5. The highest BCUT2D eigenvalue weighted by atomic mass is 32.2. The monoisotopic (exact) mass is 860 g/mol. The van der Waals surface area contributed by atoms with Gasteiger partial charge in [-0.1, -0.05) is 92.5 Å². The molecule has 0 bridgehead atoms. The summed E-state index contributed by atoms with van der Waals surface area (Å²) in [4.78, 5) is 24.5. The molecule has 0 radical (unpaired) electrons. The van der Waals surface area contributed by atoms with Crippen molar-refractivity contribution in [2.45, 2.75) is 24.0 Å². The number of rotatable bonds is 20. The summed E-state index contributed by atoms with van der Waals surface area (Å²) in [6, 6.07) is 33.3. The summed E-state index contributed by atoms with van der Waals surface area (Å²) in [5.74, 6) is 0.0958. The molecule has 320 valence electrons. The van der Waals surface area contributed by atoms with E-state index in [9.17, 15) is 31.2 Å². The van der Waals surface area contributed by atoms with E-state index in [4.69, 9.17) is 28.4 Å². The molecule has 0 aromatic heterocycles. The molecule has 61 heavy (non-hydrogen) atoms. The maximum Gasteiger partial charge on any atom is 0.523 e. The van der Waals surface area contributed by atoms with Crippen LogP contribution in [0.3, 0.4) is 0 Å². The van der Waals surface area contributed by atoms with Crippen LogP contribution in [-0.4, -0.2) is 71.2 Å². The number of hydrogen-bond donors (Lipinski definition) is 0. The van der Waals surface area contributed by atoms with E-state index in [2.05, 4.69) is 67.2 Å². The van der Waals surface area contributed by atoms with Gasteiger partial charge in [-0.25, -0.2) is 4.18 Å². The summed E-state index contributed by atoms with van der Waals surface area (Å²) >= 11 is 0. The molecule has 0 fully saturated rings. The summed E-state index contributed by atoms with van der Waals surface area (Å²) in [6.45, 7) is 15.5. The average molecular weight is 861 g/mol. The lowest BCUT2D eigenvalue weighted by atomic mass is 9.71. The number of ketones is 2. The summed E-state index contributed by atoms with van der Waals surface area (Å²) in [6.07, 6.45) is 1.86. The van der Waals surface area contributed by atoms with Gasteiger partial charge in [0, 0.05) is 21.9 Å². The molecule has 0 atom stereocenters. The van der Waals surface area contributed by atoms with Gasteiger partial charge in [0.25, 0.3) is 0 Å². The van der Waals surface area contributed by atoms with Gasteiger partial charge in [0.2, 0.25) is 17.7 Å². The first-order chi connectivity index (χ1) is 29.2. The Morgan fingerprint density at radius 1 is 0.557 bits per heavy atom. The minimum Gasteiger partial charge on any atom is -0.498 e. The van der Waals surface area contributed by atoms with Crippen molar-refractivity contribution in [2.24, 2.45) is 0 Å². The molecule has 0 amide bonds. The van der Waals surface area contributed by atoms with Crippen LogP contribution < -0.4 is 14.2 Å². The van der Waals surface area contributed by atoms with E-state index in [-0.39, 0.29) is 16.5 Å². The Kier molecular flexibility index (Phi) is 15.4. The fourth-order valence-electron chi connectivity index (χ4n) is 6.45. The van der Waals surface area contributed by atoms with Crippen molar-refractivity contribution in [3.63, 3.8) is 0 Å². The Labute approximate surface area is 351 Å². The Balaban J connectivity index is 0.000000260. The van der Waals surface area contributed by atoms with Gasteiger partial charge >= 0.3 is 15.6 Å². The number of hydrogen-bond acceptors (Lipinski definition) is 11. The van der Waals surface area contributed by atoms with Crippen LogP contribution >= 0.6 is 0 Å². The molecule has 0 saturated heterocycles. The molecule has 0 aliphatic heterocycles. The molecule has 6 rings (SSSR count).